The van der Waals surface area contributed by atoms with Gasteiger partial charge in [0.05, 0.1) is 12.7 Å². The Morgan fingerprint density at radius 1 is 0.957 bits per heavy atom. The molecular formula is C12H15F6NO4. The Bertz CT molecular complexity index is 475. The molecule has 0 rings (SSSR count). The molecule has 0 aromatic carbocycles. The summed E-state index contributed by atoms with van der Waals surface area (Å²) >= 11 is 0. The number of alkyl halides is 6. The van der Waals surface area contributed by atoms with E-state index in [2.05, 4.69) is 16.1 Å². The van der Waals surface area contributed by atoms with Crippen molar-refractivity contribution in [1.29, 1.82) is 0 Å². The third kappa shape index (κ3) is 4.52. The van der Waals surface area contributed by atoms with E-state index in [1.165, 1.54) is 20.8 Å². The van der Waals surface area contributed by atoms with Gasteiger partial charge in [-0.2, -0.15) is 26.3 Å². The van der Waals surface area contributed by atoms with E-state index in [1.54, 1.807) is 0 Å². The Hall–Kier alpha value is -1.94. The highest BCUT2D eigenvalue weighted by Crippen LogP contribution is 2.47. The first-order valence-electron chi connectivity index (χ1n) is 5.92. The fourth-order valence-corrected chi connectivity index (χ4v) is 1.45. The van der Waals surface area contributed by atoms with Crippen molar-refractivity contribution in [2.75, 3.05) is 7.11 Å². The van der Waals surface area contributed by atoms with Gasteiger partial charge >= 0.3 is 24.4 Å². The van der Waals surface area contributed by atoms with Gasteiger partial charge in [0.1, 0.15) is 5.60 Å². The number of halogens is 6. The number of hydrogen-bond acceptors (Lipinski definition) is 4. The molecule has 11 heteroatoms. The lowest BCUT2D eigenvalue weighted by atomic mass is 9.88. The van der Waals surface area contributed by atoms with Crippen molar-refractivity contribution in [2.24, 2.45) is 0 Å². The van der Waals surface area contributed by atoms with Crippen LogP contribution in [0, 0.1) is 0 Å². The summed E-state index contributed by atoms with van der Waals surface area (Å²) in [7, 11) is 0.568. The maximum atomic E-state index is 13.2. The molecule has 0 fully saturated rings. The summed E-state index contributed by atoms with van der Waals surface area (Å²) in [5.41, 5.74) is -8.47. The summed E-state index contributed by atoms with van der Waals surface area (Å²) < 4.78 is 87.2. The number of carbonyl (C=O) groups excluding carboxylic acids is 2. The molecule has 0 saturated carbocycles. The van der Waals surface area contributed by atoms with Crippen LogP contribution in [-0.2, 0) is 14.3 Å². The van der Waals surface area contributed by atoms with Crippen molar-refractivity contribution in [3.8, 4) is 0 Å². The van der Waals surface area contributed by atoms with E-state index in [4.69, 9.17) is 0 Å². The zero-order valence-electron chi connectivity index (χ0n) is 12.6. The average molecular weight is 351 g/mol. The van der Waals surface area contributed by atoms with E-state index in [0.717, 1.165) is 0 Å². The molecule has 0 atom stereocenters. The standard InChI is InChI=1S/C12H15F6NO4/c1-6(7(20)22-5)10(11(13,14)15,12(16,17)18)19-8(21)23-9(2,3)4/h1H2,2-5H3,(H,19,21). The normalized spacial score (nSPS) is 13.3. The number of esters is 1. The second kappa shape index (κ2) is 6.28. The molecule has 0 unspecified atom stereocenters. The number of alkyl carbamates (subject to hydrolysis) is 1. The molecular weight excluding hydrogens is 336 g/mol. The van der Waals surface area contributed by atoms with Crippen LogP contribution in [0.15, 0.2) is 12.2 Å². The van der Waals surface area contributed by atoms with Gasteiger partial charge in [0.15, 0.2) is 0 Å². The highest BCUT2D eigenvalue weighted by molar-refractivity contribution is 5.92. The molecule has 23 heavy (non-hydrogen) atoms. The molecule has 0 aliphatic carbocycles. The number of hydrogen-bond donors (Lipinski definition) is 1. The Balaban J connectivity index is 6.13. The summed E-state index contributed by atoms with van der Waals surface area (Å²) in [6.07, 6.45) is -14.3. The van der Waals surface area contributed by atoms with Gasteiger partial charge in [0.2, 0.25) is 0 Å². The molecule has 1 N–H and O–H groups in total. The summed E-state index contributed by atoms with van der Waals surface area (Å²) in [6.45, 7) is 6.18. The SMILES string of the molecule is C=C(C(=O)OC)C(NC(=O)OC(C)(C)C)(C(F)(F)F)C(F)(F)F. The Kier molecular flexibility index (Phi) is 5.75. The third-order valence-electron chi connectivity index (χ3n) is 2.42. The Labute approximate surface area is 127 Å². The van der Waals surface area contributed by atoms with Crippen LogP contribution in [0.5, 0.6) is 0 Å². The van der Waals surface area contributed by atoms with Crippen LogP contribution in [0.2, 0.25) is 0 Å². The first-order valence-corrected chi connectivity index (χ1v) is 5.92. The predicted molar refractivity (Wildman–Crippen MR) is 65.4 cm³/mol. The second-order valence-electron chi connectivity index (χ2n) is 5.34. The van der Waals surface area contributed by atoms with Crippen molar-refractivity contribution in [3.05, 3.63) is 12.2 Å². The quantitative estimate of drug-likeness (QED) is 0.482. The van der Waals surface area contributed by atoms with E-state index in [0.29, 0.717) is 12.4 Å². The summed E-state index contributed by atoms with van der Waals surface area (Å²) in [5, 5.41) is 0.670. The molecule has 134 valence electrons. The van der Waals surface area contributed by atoms with Crippen LogP contribution in [0.1, 0.15) is 20.8 Å². The van der Waals surface area contributed by atoms with Gasteiger partial charge in [-0.1, -0.05) is 6.58 Å². The number of rotatable bonds is 3. The molecule has 1 amide bonds. The minimum absolute atomic E-state index is 0.568. The van der Waals surface area contributed by atoms with Gasteiger partial charge in [0.25, 0.3) is 5.54 Å². The molecule has 5 nitrogen and oxygen atoms in total. The van der Waals surface area contributed by atoms with Crippen molar-refractivity contribution in [1.82, 2.24) is 5.32 Å². The minimum atomic E-state index is -6.13. The van der Waals surface area contributed by atoms with Gasteiger partial charge in [-0.25, -0.2) is 9.59 Å². The van der Waals surface area contributed by atoms with E-state index in [9.17, 15) is 35.9 Å². The number of amides is 1. The largest absolute Gasteiger partial charge is 0.466 e. The molecule has 0 radical (unpaired) electrons. The first kappa shape index (κ1) is 21.1. The number of ether oxygens (including phenoxy) is 2. The topological polar surface area (TPSA) is 64.6 Å². The fraction of sp³-hybridized carbons (Fsp3) is 0.667. The van der Waals surface area contributed by atoms with Gasteiger partial charge < -0.3 is 9.47 Å². The maximum absolute atomic E-state index is 13.2. The van der Waals surface area contributed by atoms with Gasteiger partial charge in [-0.15, -0.1) is 0 Å². The minimum Gasteiger partial charge on any atom is -0.466 e. The molecule has 0 bridgehead atoms. The summed E-state index contributed by atoms with van der Waals surface area (Å²) in [4.78, 5) is 22.7. The molecule has 0 aromatic rings. The van der Waals surface area contributed by atoms with Crippen LogP contribution in [-0.4, -0.2) is 42.7 Å². The fourth-order valence-electron chi connectivity index (χ4n) is 1.45. The molecule has 0 aromatic heterocycles. The maximum Gasteiger partial charge on any atom is 0.425 e. The Morgan fingerprint density at radius 3 is 1.61 bits per heavy atom. The zero-order valence-corrected chi connectivity index (χ0v) is 12.6. The van der Waals surface area contributed by atoms with Crippen molar-refractivity contribution in [2.45, 2.75) is 44.3 Å². The lowest BCUT2D eigenvalue weighted by molar-refractivity contribution is -0.292. The average Bonchev–Trinajstić information content (AvgIpc) is 2.28. The molecule has 0 aliphatic heterocycles. The number of carbonyl (C=O) groups is 2. The zero-order chi connectivity index (χ0) is 18.9. The first-order chi connectivity index (χ1) is 9.99. The van der Waals surface area contributed by atoms with Crippen LogP contribution >= 0.6 is 0 Å². The van der Waals surface area contributed by atoms with E-state index in [1.807, 2.05) is 0 Å². The highest BCUT2D eigenvalue weighted by atomic mass is 19.4. The van der Waals surface area contributed by atoms with Crippen LogP contribution < -0.4 is 5.32 Å². The van der Waals surface area contributed by atoms with Crippen LogP contribution in [0.25, 0.3) is 0 Å². The van der Waals surface area contributed by atoms with Crippen molar-refractivity contribution < 1.29 is 45.4 Å². The van der Waals surface area contributed by atoms with Crippen molar-refractivity contribution >= 4 is 12.1 Å². The lowest BCUT2D eigenvalue weighted by Crippen LogP contribution is -2.69. The van der Waals surface area contributed by atoms with E-state index >= 15 is 0 Å². The van der Waals surface area contributed by atoms with Crippen molar-refractivity contribution in [3.63, 3.8) is 0 Å². The third-order valence-corrected chi connectivity index (χ3v) is 2.42. The molecule has 0 saturated heterocycles. The molecule has 0 heterocycles. The van der Waals surface area contributed by atoms with Gasteiger partial charge in [-0.05, 0) is 20.8 Å². The monoisotopic (exact) mass is 351 g/mol. The molecule has 0 spiro atoms. The number of methoxy groups -OCH3 is 1. The van der Waals surface area contributed by atoms with Crippen LogP contribution in [0.4, 0.5) is 31.1 Å². The predicted octanol–water partition coefficient (Wildman–Crippen LogP) is 3.10. The smallest absolute Gasteiger partial charge is 0.425 e. The number of nitrogens with one attached hydrogen (secondary N) is 1. The van der Waals surface area contributed by atoms with E-state index in [-0.39, 0.29) is 0 Å². The second-order valence-corrected chi connectivity index (χ2v) is 5.34. The van der Waals surface area contributed by atoms with Gasteiger partial charge in [-0.3, -0.25) is 5.32 Å². The highest BCUT2D eigenvalue weighted by Gasteiger charge is 2.75. The summed E-state index contributed by atoms with van der Waals surface area (Å²) in [5.74, 6) is -1.99. The van der Waals surface area contributed by atoms with E-state index < -0.39 is 41.1 Å². The molecule has 0 aliphatic rings. The Morgan fingerprint density at radius 2 is 1.35 bits per heavy atom. The van der Waals surface area contributed by atoms with Gasteiger partial charge in [0, 0.05) is 0 Å². The summed E-state index contributed by atoms with van der Waals surface area (Å²) in [6, 6.07) is 0. The lowest BCUT2D eigenvalue weighted by Gasteiger charge is -2.38. The van der Waals surface area contributed by atoms with Crippen LogP contribution in [0.3, 0.4) is 0 Å².